The fraction of sp³-hybridized carbons (Fsp3) is 0.889. The van der Waals surface area contributed by atoms with E-state index in [9.17, 15) is 4.79 Å². The van der Waals surface area contributed by atoms with Gasteiger partial charge in [-0.2, -0.15) is 0 Å². The molecule has 1 saturated heterocycles. The van der Waals surface area contributed by atoms with Gasteiger partial charge in [-0.3, -0.25) is 4.79 Å². The first-order chi connectivity index (χ1) is 7.17. The van der Waals surface area contributed by atoms with Gasteiger partial charge in [0.15, 0.2) is 0 Å². The standard InChI is InChI=1S/C9H18N2O4.ClH/c12-4-9(5-13,6-14)11-8(15)7-2-1-3-10-7;/h7,10,12-14H,1-6H2,(H,11,15);1H/t7-;/m0./s1. The molecule has 1 amide bonds. The summed E-state index contributed by atoms with van der Waals surface area (Å²) in [5.74, 6) is -0.287. The van der Waals surface area contributed by atoms with Crippen molar-refractivity contribution in [1.82, 2.24) is 10.6 Å². The van der Waals surface area contributed by atoms with E-state index in [2.05, 4.69) is 10.6 Å². The van der Waals surface area contributed by atoms with Gasteiger partial charge in [-0.15, -0.1) is 12.4 Å². The summed E-state index contributed by atoms with van der Waals surface area (Å²) in [6, 6.07) is -0.283. The highest BCUT2D eigenvalue weighted by Crippen LogP contribution is 2.08. The molecule has 0 aromatic carbocycles. The van der Waals surface area contributed by atoms with Crippen LogP contribution in [0.5, 0.6) is 0 Å². The minimum atomic E-state index is -1.32. The molecule has 0 bridgehead atoms. The highest BCUT2D eigenvalue weighted by Gasteiger charge is 2.33. The Morgan fingerprint density at radius 2 is 1.88 bits per heavy atom. The van der Waals surface area contributed by atoms with Gasteiger partial charge in [-0.1, -0.05) is 0 Å². The molecule has 96 valence electrons. The number of rotatable bonds is 5. The number of hydrogen-bond donors (Lipinski definition) is 5. The third-order valence-electron chi connectivity index (χ3n) is 2.67. The van der Waals surface area contributed by atoms with Crippen molar-refractivity contribution in [3.63, 3.8) is 0 Å². The maximum absolute atomic E-state index is 11.6. The van der Waals surface area contributed by atoms with Crippen LogP contribution in [0.2, 0.25) is 0 Å². The van der Waals surface area contributed by atoms with Gasteiger partial charge in [0.1, 0.15) is 5.54 Å². The second-order valence-electron chi connectivity index (χ2n) is 3.89. The number of aliphatic hydroxyl groups is 3. The molecular formula is C9H19ClN2O4. The third kappa shape index (κ3) is 3.57. The first-order valence-corrected chi connectivity index (χ1v) is 5.05. The molecule has 1 aliphatic rings. The van der Waals surface area contributed by atoms with Crippen molar-refractivity contribution in [2.45, 2.75) is 24.4 Å². The molecule has 0 radical (unpaired) electrons. The molecule has 0 aliphatic carbocycles. The second-order valence-corrected chi connectivity index (χ2v) is 3.89. The number of aliphatic hydroxyl groups excluding tert-OH is 3. The van der Waals surface area contributed by atoms with E-state index in [-0.39, 0.29) is 24.4 Å². The molecule has 0 saturated carbocycles. The molecule has 1 rings (SSSR count). The molecule has 0 spiro atoms. The van der Waals surface area contributed by atoms with E-state index in [1.807, 2.05) is 0 Å². The smallest absolute Gasteiger partial charge is 0.237 e. The van der Waals surface area contributed by atoms with Crippen molar-refractivity contribution in [2.75, 3.05) is 26.4 Å². The molecule has 1 aliphatic heterocycles. The number of carbonyl (C=O) groups is 1. The number of hydrogen-bond acceptors (Lipinski definition) is 5. The van der Waals surface area contributed by atoms with Crippen LogP contribution >= 0.6 is 12.4 Å². The van der Waals surface area contributed by atoms with Crippen LogP contribution in [0.1, 0.15) is 12.8 Å². The number of amides is 1. The van der Waals surface area contributed by atoms with Crippen LogP contribution in [-0.2, 0) is 4.79 Å². The predicted octanol–water partition coefficient (Wildman–Crippen LogP) is -2.01. The van der Waals surface area contributed by atoms with Crippen LogP contribution in [0.3, 0.4) is 0 Å². The lowest BCUT2D eigenvalue weighted by atomic mass is 10.0. The van der Waals surface area contributed by atoms with Crippen molar-refractivity contribution in [2.24, 2.45) is 0 Å². The number of halogens is 1. The Morgan fingerprint density at radius 1 is 1.31 bits per heavy atom. The van der Waals surface area contributed by atoms with Gasteiger partial charge in [0.25, 0.3) is 0 Å². The molecule has 0 aromatic rings. The molecule has 0 unspecified atom stereocenters. The lowest BCUT2D eigenvalue weighted by Gasteiger charge is -2.29. The molecule has 16 heavy (non-hydrogen) atoms. The Balaban J connectivity index is 0.00000225. The fourth-order valence-corrected chi connectivity index (χ4v) is 1.53. The van der Waals surface area contributed by atoms with Gasteiger partial charge in [0, 0.05) is 0 Å². The quantitative estimate of drug-likeness (QED) is 0.390. The van der Waals surface area contributed by atoms with E-state index in [4.69, 9.17) is 15.3 Å². The zero-order valence-corrected chi connectivity index (χ0v) is 9.79. The lowest BCUT2D eigenvalue weighted by Crippen LogP contribution is -2.60. The Kier molecular flexibility index (Phi) is 6.85. The number of carbonyl (C=O) groups excluding carboxylic acids is 1. The maximum atomic E-state index is 11.6. The van der Waals surface area contributed by atoms with Crippen LogP contribution in [0, 0.1) is 0 Å². The first-order valence-electron chi connectivity index (χ1n) is 5.05. The molecule has 0 aromatic heterocycles. The molecule has 7 heteroatoms. The van der Waals surface area contributed by atoms with Crippen LogP contribution < -0.4 is 10.6 Å². The van der Waals surface area contributed by atoms with E-state index >= 15 is 0 Å². The van der Waals surface area contributed by atoms with E-state index < -0.39 is 25.4 Å². The van der Waals surface area contributed by atoms with E-state index in [0.29, 0.717) is 0 Å². The van der Waals surface area contributed by atoms with E-state index in [1.165, 1.54) is 0 Å². The molecule has 1 heterocycles. The van der Waals surface area contributed by atoms with Gasteiger partial charge in [-0.05, 0) is 19.4 Å². The monoisotopic (exact) mass is 254 g/mol. The summed E-state index contributed by atoms with van der Waals surface area (Å²) in [6.07, 6.45) is 1.67. The average Bonchev–Trinajstić information content (AvgIpc) is 2.79. The lowest BCUT2D eigenvalue weighted by molar-refractivity contribution is -0.127. The Labute approximate surface area is 100 Å². The van der Waals surface area contributed by atoms with Gasteiger partial charge in [0.2, 0.25) is 5.91 Å². The Bertz CT molecular complexity index is 209. The summed E-state index contributed by atoms with van der Waals surface area (Å²) in [6.45, 7) is -0.669. The zero-order valence-electron chi connectivity index (χ0n) is 8.98. The van der Waals surface area contributed by atoms with Crippen molar-refractivity contribution >= 4 is 18.3 Å². The van der Waals surface area contributed by atoms with Gasteiger partial charge in [-0.25, -0.2) is 0 Å². The van der Waals surface area contributed by atoms with Crippen LogP contribution in [0.25, 0.3) is 0 Å². The topological polar surface area (TPSA) is 102 Å². The molecule has 1 atom stereocenters. The van der Waals surface area contributed by atoms with Crippen LogP contribution in [0.4, 0.5) is 0 Å². The largest absolute Gasteiger partial charge is 0.394 e. The minimum absolute atomic E-state index is 0. The normalized spacial score (nSPS) is 20.3. The Hall–Kier alpha value is -0.400. The molecular weight excluding hydrogens is 236 g/mol. The maximum Gasteiger partial charge on any atom is 0.237 e. The predicted molar refractivity (Wildman–Crippen MR) is 60.4 cm³/mol. The fourth-order valence-electron chi connectivity index (χ4n) is 1.53. The second kappa shape index (κ2) is 7.03. The molecule has 6 nitrogen and oxygen atoms in total. The minimum Gasteiger partial charge on any atom is -0.394 e. The summed E-state index contributed by atoms with van der Waals surface area (Å²) >= 11 is 0. The van der Waals surface area contributed by atoms with E-state index in [0.717, 1.165) is 19.4 Å². The summed E-state index contributed by atoms with van der Waals surface area (Å²) < 4.78 is 0. The Morgan fingerprint density at radius 3 is 2.25 bits per heavy atom. The van der Waals surface area contributed by atoms with Crippen molar-refractivity contribution in [1.29, 1.82) is 0 Å². The summed E-state index contributed by atoms with van der Waals surface area (Å²) in [7, 11) is 0. The van der Waals surface area contributed by atoms with Gasteiger partial charge < -0.3 is 26.0 Å². The SMILES string of the molecule is Cl.O=C(NC(CO)(CO)CO)[C@@H]1CCCN1. The average molecular weight is 255 g/mol. The van der Waals surface area contributed by atoms with Crippen molar-refractivity contribution < 1.29 is 20.1 Å². The van der Waals surface area contributed by atoms with Crippen LogP contribution in [-0.4, -0.2) is 59.2 Å². The number of nitrogens with one attached hydrogen (secondary N) is 2. The zero-order chi connectivity index (χ0) is 11.3. The first kappa shape index (κ1) is 15.6. The highest BCUT2D eigenvalue weighted by atomic mass is 35.5. The van der Waals surface area contributed by atoms with Gasteiger partial charge in [0.05, 0.1) is 25.9 Å². The molecule has 5 N–H and O–H groups in total. The summed E-state index contributed by atoms with van der Waals surface area (Å²) in [5.41, 5.74) is -1.32. The highest BCUT2D eigenvalue weighted by molar-refractivity contribution is 5.85. The third-order valence-corrected chi connectivity index (χ3v) is 2.67. The summed E-state index contributed by atoms with van der Waals surface area (Å²) in [5, 5.41) is 32.5. The summed E-state index contributed by atoms with van der Waals surface area (Å²) in [4.78, 5) is 11.6. The van der Waals surface area contributed by atoms with Crippen molar-refractivity contribution in [3.8, 4) is 0 Å². The van der Waals surface area contributed by atoms with Gasteiger partial charge >= 0.3 is 0 Å². The molecule has 1 fully saturated rings. The van der Waals surface area contributed by atoms with Crippen LogP contribution in [0.15, 0.2) is 0 Å². The van der Waals surface area contributed by atoms with E-state index in [1.54, 1.807) is 0 Å². The van der Waals surface area contributed by atoms with Crippen molar-refractivity contribution in [3.05, 3.63) is 0 Å².